The van der Waals surface area contributed by atoms with Crippen LogP contribution in [0.4, 0.5) is 0 Å². The number of nitrogens with zero attached hydrogens (tertiary/aromatic N) is 1. The Balaban J connectivity index is 1.68. The Morgan fingerprint density at radius 2 is 2.41 bits per heavy atom. The largest absolute Gasteiger partial charge is 0.493 e. The highest BCUT2D eigenvalue weighted by Gasteiger charge is 2.19. The van der Waals surface area contributed by atoms with E-state index < -0.39 is 0 Å². The maximum absolute atomic E-state index is 5.53. The molecule has 0 radical (unpaired) electrons. The van der Waals surface area contributed by atoms with E-state index in [4.69, 9.17) is 4.74 Å². The standard InChI is InChI=1S/C14H20N2O/c1-16(13-4-6-15-9-13)10-11-2-3-14-12(8-11)5-7-17-14/h2-3,8,13,15H,4-7,9-10H2,1H3. The first-order valence-corrected chi connectivity index (χ1v) is 6.48. The maximum atomic E-state index is 5.53. The molecule has 2 aliphatic heterocycles. The van der Waals surface area contributed by atoms with Crippen molar-refractivity contribution in [2.45, 2.75) is 25.4 Å². The van der Waals surface area contributed by atoms with Crippen LogP contribution in [-0.2, 0) is 13.0 Å². The smallest absolute Gasteiger partial charge is 0.122 e. The lowest BCUT2D eigenvalue weighted by Crippen LogP contribution is -2.32. The van der Waals surface area contributed by atoms with Gasteiger partial charge in [-0.05, 0) is 37.2 Å². The molecule has 0 aliphatic carbocycles. The van der Waals surface area contributed by atoms with Gasteiger partial charge in [0, 0.05) is 25.6 Å². The molecule has 17 heavy (non-hydrogen) atoms. The first-order chi connectivity index (χ1) is 8.33. The average Bonchev–Trinajstić information content (AvgIpc) is 2.99. The number of hydrogen-bond acceptors (Lipinski definition) is 3. The van der Waals surface area contributed by atoms with E-state index in [0.29, 0.717) is 6.04 Å². The molecule has 1 atom stereocenters. The van der Waals surface area contributed by atoms with Crippen molar-refractivity contribution in [3.05, 3.63) is 29.3 Å². The van der Waals surface area contributed by atoms with E-state index in [-0.39, 0.29) is 0 Å². The lowest BCUT2D eigenvalue weighted by molar-refractivity contribution is 0.249. The van der Waals surface area contributed by atoms with Crippen molar-refractivity contribution in [1.29, 1.82) is 0 Å². The van der Waals surface area contributed by atoms with E-state index in [1.807, 2.05) is 0 Å². The molecule has 0 bridgehead atoms. The second-order valence-electron chi connectivity index (χ2n) is 5.10. The second kappa shape index (κ2) is 4.67. The van der Waals surface area contributed by atoms with Crippen LogP contribution in [0.2, 0.25) is 0 Å². The van der Waals surface area contributed by atoms with Crippen LogP contribution in [0.15, 0.2) is 18.2 Å². The van der Waals surface area contributed by atoms with Gasteiger partial charge in [-0.1, -0.05) is 12.1 Å². The van der Waals surface area contributed by atoms with Crippen molar-refractivity contribution in [2.75, 3.05) is 26.7 Å². The van der Waals surface area contributed by atoms with Crippen molar-refractivity contribution in [3.8, 4) is 5.75 Å². The van der Waals surface area contributed by atoms with E-state index in [1.54, 1.807) is 0 Å². The molecule has 0 amide bonds. The summed E-state index contributed by atoms with van der Waals surface area (Å²) in [5, 5.41) is 3.42. The van der Waals surface area contributed by atoms with Crippen LogP contribution in [0, 0.1) is 0 Å². The summed E-state index contributed by atoms with van der Waals surface area (Å²) < 4.78 is 5.53. The molecule has 3 heteroatoms. The van der Waals surface area contributed by atoms with Crippen molar-refractivity contribution >= 4 is 0 Å². The van der Waals surface area contributed by atoms with Crippen molar-refractivity contribution < 1.29 is 4.74 Å². The first kappa shape index (κ1) is 11.1. The fourth-order valence-electron chi connectivity index (χ4n) is 2.77. The molecule has 0 saturated carbocycles. The number of rotatable bonds is 3. The van der Waals surface area contributed by atoms with Crippen molar-refractivity contribution in [1.82, 2.24) is 10.2 Å². The molecule has 1 aromatic rings. The van der Waals surface area contributed by atoms with Gasteiger partial charge in [-0.25, -0.2) is 0 Å². The SMILES string of the molecule is CN(Cc1ccc2c(c1)CCO2)C1CCNC1. The van der Waals surface area contributed by atoms with Crippen LogP contribution in [-0.4, -0.2) is 37.7 Å². The van der Waals surface area contributed by atoms with Gasteiger partial charge in [-0.2, -0.15) is 0 Å². The quantitative estimate of drug-likeness (QED) is 0.853. The molecule has 3 nitrogen and oxygen atoms in total. The molecule has 0 spiro atoms. The van der Waals surface area contributed by atoms with Crippen molar-refractivity contribution in [2.24, 2.45) is 0 Å². The summed E-state index contributed by atoms with van der Waals surface area (Å²) in [6.07, 6.45) is 2.34. The molecule has 92 valence electrons. The number of ether oxygens (including phenoxy) is 1. The van der Waals surface area contributed by atoms with E-state index >= 15 is 0 Å². The highest BCUT2D eigenvalue weighted by atomic mass is 16.5. The Bertz CT molecular complexity index is 399. The Hall–Kier alpha value is -1.06. The molecule has 2 heterocycles. The molecule has 1 fully saturated rings. The number of likely N-dealkylation sites (N-methyl/N-ethyl adjacent to an activating group) is 1. The topological polar surface area (TPSA) is 24.5 Å². The Morgan fingerprint density at radius 3 is 3.24 bits per heavy atom. The van der Waals surface area contributed by atoms with E-state index in [1.165, 1.54) is 17.5 Å². The summed E-state index contributed by atoms with van der Waals surface area (Å²) in [4.78, 5) is 2.46. The third kappa shape index (κ3) is 2.31. The average molecular weight is 232 g/mol. The first-order valence-electron chi connectivity index (χ1n) is 6.48. The summed E-state index contributed by atoms with van der Waals surface area (Å²) in [6, 6.07) is 7.32. The predicted molar refractivity (Wildman–Crippen MR) is 68.4 cm³/mol. The minimum Gasteiger partial charge on any atom is -0.493 e. The van der Waals surface area contributed by atoms with Crippen LogP contribution < -0.4 is 10.1 Å². The van der Waals surface area contributed by atoms with Crippen LogP contribution >= 0.6 is 0 Å². The number of fused-ring (bicyclic) bond motifs is 1. The molecule has 1 aromatic carbocycles. The minimum atomic E-state index is 0.694. The summed E-state index contributed by atoms with van der Waals surface area (Å²) in [5.41, 5.74) is 2.78. The summed E-state index contributed by atoms with van der Waals surface area (Å²) in [7, 11) is 2.22. The Morgan fingerprint density at radius 1 is 1.47 bits per heavy atom. The molecule has 0 aromatic heterocycles. The predicted octanol–water partition coefficient (Wildman–Crippen LogP) is 1.42. The fraction of sp³-hybridized carbons (Fsp3) is 0.571. The van der Waals surface area contributed by atoms with Crippen LogP contribution in [0.3, 0.4) is 0 Å². The molecular weight excluding hydrogens is 212 g/mol. The van der Waals surface area contributed by atoms with Gasteiger partial charge in [0.2, 0.25) is 0 Å². The van der Waals surface area contributed by atoms with Crippen LogP contribution in [0.25, 0.3) is 0 Å². The van der Waals surface area contributed by atoms with E-state index in [2.05, 4.69) is 35.5 Å². The van der Waals surface area contributed by atoms with Gasteiger partial charge in [0.05, 0.1) is 6.61 Å². The monoisotopic (exact) mass is 232 g/mol. The summed E-state index contributed by atoms with van der Waals surface area (Å²) in [6.45, 7) is 4.18. The Labute approximate surface area is 103 Å². The molecule has 1 saturated heterocycles. The molecule has 3 rings (SSSR count). The zero-order chi connectivity index (χ0) is 11.7. The van der Waals surface area contributed by atoms with Gasteiger partial charge in [0.15, 0.2) is 0 Å². The number of nitrogens with one attached hydrogen (secondary N) is 1. The van der Waals surface area contributed by atoms with Gasteiger partial charge in [0.1, 0.15) is 5.75 Å². The highest BCUT2D eigenvalue weighted by Crippen LogP contribution is 2.26. The molecule has 1 unspecified atom stereocenters. The molecular formula is C14H20N2O. The van der Waals surface area contributed by atoms with Crippen LogP contribution in [0.1, 0.15) is 17.5 Å². The van der Waals surface area contributed by atoms with Gasteiger partial charge >= 0.3 is 0 Å². The Kier molecular flexibility index (Phi) is 3.04. The lowest BCUT2D eigenvalue weighted by Gasteiger charge is -2.23. The van der Waals surface area contributed by atoms with Gasteiger partial charge in [-0.15, -0.1) is 0 Å². The zero-order valence-corrected chi connectivity index (χ0v) is 10.4. The van der Waals surface area contributed by atoms with Crippen LogP contribution in [0.5, 0.6) is 5.75 Å². The third-order valence-electron chi connectivity index (χ3n) is 3.84. The van der Waals surface area contributed by atoms with Gasteiger partial charge < -0.3 is 10.1 Å². The fourth-order valence-corrected chi connectivity index (χ4v) is 2.77. The zero-order valence-electron chi connectivity index (χ0n) is 10.4. The minimum absolute atomic E-state index is 0.694. The molecule has 1 N–H and O–H groups in total. The number of hydrogen-bond donors (Lipinski definition) is 1. The number of benzene rings is 1. The third-order valence-corrected chi connectivity index (χ3v) is 3.84. The van der Waals surface area contributed by atoms with Crippen molar-refractivity contribution in [3.63, 3.8) is 0 Å². The second-order valence-corrected chi connectivity index (χ2v) is 5.10. The summed E-state index contributed by atoms with van der Waals surface area (Å²) in [5.74, 6) is 1.08. The van der Waals surface area contributed by atoms with E-state index in [9.17, 15) is 0 Å². The maximum Gasteiger partial charge on any atom is 0.122 e. The molecule has 2 aliphatic rings. The lowest BCUT2D eigenvalue weighted by atomic mass is 10.1. The van der Waals surface area contributed by atoms with Gasteiger partial charge in [-0.3, -0.25) is 4.90 Å². The van der Waals surface area contributed by atoms with Gasteiger partial charge in [0.25, 0.3) is 0 Å². The summed E-state index contributed by atoms with van der Waals surface area (Å²) >= 11 is 0. The normalized spacial score (nSPS) is 22.8. The highest BCUT2D eigenvalue weighted by molar-refractivity contribution is 5.39. The van der Waals surface area contributed by atoms with E-state index in [0.717, 1.165) is 38.4 Å².